The van der Waals surface area contributed by atoms with Crippen molar-refractivity contribution >= 4 is 17.9 Å². The molecule has 1 N–H and O–H groups in total. The smallest absolute Gasteiger partial charge is 0.226 e. The second kappa shape index (κ2) is 8.03. The van der Waals surface area contributed by atoms with E-state index < -0.39 is 0 Å². The molecule has 2 aromatic carbocycles. The lowest BCUT2D eigenvalue weighted by atomic mass is 9.95. The molecule has 1 saturated heterocycles. The van der Waals surface area contributed by atoms with Gasteiger partial charge in [0.2, 0.25) is 5.91 Å². The van der Waals surface area contributed by atoms with Gasteiger partial charge in [0, 0.05) is 19.0 Å². The molecule has 1 heterocycles. The maximum atomic E-state index is 14.7. The standard InChI is InChI=1S/C22H25FN2OS/c1-27-24-16-9-6-12-25(14-16)22(26)19-13-18(19)21-17(10-5-11-20(21)23)15-7-3-2-4-8-15/h2-5,7-8,10-11,16,18-19,24H,6,9,12-14H2,1H3/p+1. The van der Waals surface area contributed by atoms with Crippen LogP contribution in [0, 0.1) is 11.7 Å². The van der Waals surface area contributed by atoms with Crippen LogP contribution < -0.4 is 4.72 Å². The Bertz CT molecular complexity index is 811. The summed E-state index contributed by atoms with van der Waals surface area (Å²) in [5.74, 6) is -0.0880. The fourth-order valence-electron chi connectivity index (χ4n) is 4.27. The third-order valence-electron chi connectivity index (χ3n) is 5.66. The number of nitrogens with one attached hydrogen (secondary N) is 1. The van der Waals surface area contributed by atoms with Crippen molar-refractivity contribution in [2.24, 2.45) is 5.92 Å². The van der Waals surface area contributed by atoms with Crippen molar-refractivity contribution in [3.05, 3.63) is 59.9 Å². The molecule has 2 aliphatic rings. The van der Waals surface area contributed by atoms with Gasteiger partial charge in [0.1, 0.15) is 12.1 Å². The number of amides is 1. The van der Waals surface area contributed by atoms with E-state index in [0.29, 0.717) is 11.6 Å². The lowest BCUT2D eigenvalue weighted by Crippen LogP contribution is -2.48. The average Bonchev–Trinajstić information content (AvgIpc) is 3.49. The van der Waals surface area contributed by atoms with Crippen LogP contribution >= 0.6 is 0 Å². The quantitative estimate of drug-likeness (QED) is 0.631. The normalized spacial score (nSPS) is 24.7. The number of benzene rings is 2. The van der Waals surface area contributed by atoms with E-state index >= 15 is 0 Å². The molecule has 1 aliphatic heterocycles. The molecule has 4 rings (SSSR count). The number of hydrogen-bond donors (Lipinski definition) is 1. The third kappa shape index (κ3) is 3.90. The van der Waals surface area contributed by atoms with E-state index in [0.717, 1.165) is 55.4 Å². The van der Waals surface area contributed by atoms with Gasteiger partial charge in [0.25, 0.3) is 0 Å². The lowest BCUT2D eigenvalue weighted by Gasteiger charge is -2.31. The van der Waals surface area contributed by atoms with E-state index in [1.165, 1.54) is 6.07 Å². The van der Waals surface area contributed by atoms with Gasteiger partial charge in [-0.25, -0.2) is 4.39 Å². The molecule has 3 nitrogen and oxygen atoms in total. The van der Waals surface area contributed by atoms with E-state index in [1.807, 2.05) is 41.3 Å². The van der Waals surface area contributed by atoms with Crippen LogP contribution in [0.25, 0.3) is 11.1 Å². The number of hydrogen-bond acceptors (Lipinski definition) is 2. The summed E-state index contributed by atoms with van der Waals surface area (Å²) in [5.41, 5.74) is 2.63. The summed E-state index contributed by atoms with van der Waals surface area (Å²) in [6.45, 7) is 1.59. The van der Waals surface area contributed by atoms with Crippen LogP contribution in [0.5, 0.6) is 0 Å². The molecule has 2 fully saturated rings. The zero-order chi connectivity index (χ0) is 18.8. The van der Waals surface area contributed by atoms with Crippen LogP contribution in [-0.2, 0) is 16.7 Å². The molecule has 0 bridgehead atoms. The van der Waals surface area contributed by atoms with Crippen LogP contribution in [0.3, 0.4) is 0 Å². The number of piperidine rings is 1. The second-order valence-corrected chi connectivity index (χ2v) is 8.20. The fourth-order valence-corrected chi connectivity index (χ4v) is 4.85. The molecule has 1 saturated carbocycles. The fraction of sp³-hybridized carbons (Fsp3) is 0.409. The van der Waals surface area contributed by atoms with Crippen LogP contribution in [-0.4, -0.2) is 36.2 Å². The highest BCUT2D eigenvalue weighted by atomic mass is 32.2. The Morgan fingerprint density at radius 2 is 2.00 bits per heavy atom. The molecule has 3 unspecified atom stereocenters. The summed E-state index contributed by atoms with van der Waals surface area (Å²) in [6.07, 6.45) is 4.97. The minimum Gasteiger partial charge on any atom is -0.341 e. The van der Waals surface area contributed by atoms with Crippen molar-refractivity contribution in [2.45, 2.75) is 31.2 Å². The highest BCUT2D eigenvalue weighted by Gasteiger charge is 2.48. The summed E-state index contributed by atoms with van der Waals surface area (Å²) in [6, 6.07) is 15.5. The van der Waals surface area contributed by atoms with Crippen molar-refractivity contribution < 1.29 is 9.18 Å². The predicted octanol–water partition coefficient (Wildman–Crippen LogP) is 3.54. The van der Waals surface area contributed by atoms with Gasteiger partial charge < -0.3 is 4.90 Å². The van der Waals surface area contributed by atoms with Gasteiger partial charge in [-0.1, -0.05) is 42.5 Å². The number of nitrogens with zero attached hydrogens (tertiary/aromatic N) is 1. The Morgan fingerprint density at radius 1 is 1.19 bits per heavy atom. The highest BCUT2D eigenvalue weighted by Crippen LogP contribution is 2.52. The Kier molecular flexibility index (Phi) is 5.50. The molecular weight excluding hydrogens is 359 g/mol. The van der Waals surface area contributed by atoms with Crippen molar-refractivity contribution in [1.82, 2.24) is 9.62 Å². The zero-order valence-electron chi connectivity index (χ0n) is 15.6. The maximum Gasteiger partial charge on any atom is 0.226 e. The van der Waals surface area contributed by atoms with E-state index in [2.05, 4.69) is 11.0 Å². The number of likely N-dealkylation sites (tertiary alicyclic amines) is 1. The van der Waals surface area contributed by atoms with E-state index in [4.69, 9.17) is 0 Å². The summed E-state index contributed by atoms with van der Waals surface area (Å²) < 4.78 is 18.2. The Labute approximate surface area is 164 Å². The van der Waals surface area contributed by atoms with Crippen LogP contribution in [0.4, 0.5) is 4.39 Å². The van der Waals surface area contributed by atoms with Crippen molar-refractivity contribution in [2.75, 3.05) is 19.3 Å². The minimum absolute atomic E-state index is 0.00783. The van der Waals surface area contributed by atoms with Gasteiger partial charge in [-0.3, -0.25) is 4.79 Å². The first-order valence-corrected chi connectivity index (χ1v) is 11.0. The first kappa shape index (κ1) is 18.5. The van der Waals surface area contributed by atoms with Crippen molar-refractivity contribution in [3.63, 3.8) is 0 Å². The topological polar surface area (TPSA) is 32.3 Å². The summed E-state index contributed by atoms with van der Waals surface area (Å²) >= 11 is 1.15. The summed E-state index contributed by atoms with van der Waals surface area (Å²) in [5, 5.41) is 0. The first-order valence-electron chi connectivity index (χ1n) is 9.66. The molecule has 0 radical (unpaired) electrons. The number of thiol groups is 1. The summed E-state index contributed by atoms with van der Waals surface area (Å²) in [7, 11) is 0. The third-order valence-corrected chi connectivity index (χ3v) is 6.28. The second-order valence-electron chi connectivity index (χ2n) is 7.49. The summed E-state index contributed by atoms with van der Waals surface area (Å²) in [4.78, 5) is 15.0. The molecule has 142 valence electrons. The Hall–Kier alpha value is -1.85. The number of halogens is 1. The predicted molar refractivity (Wildman–Crippen MR) is 110 cm³/mol. The molecule has 5 heteroatoms. The number of rotatable bonds is 5. The molecule has 3 atom stereocenters. The monoisotopic (exact) mass is 385 g/mol. The zero-order valence-corrected chi connectivity index (χ0v) is 16.5. The molecule has 0 spiro atoms. The molecule has 2 aromatic rings. The van der Waals surface area contributed by atoms with Crippen LogP contribution in [0.1, 0.15) is 30.7 Å². The van der Waals surface area contributed by atoms with E-state index in [9.17, 15) is 9.18 Å². The van der Waals surface area contributed by atoms with E-state index in [-0.39, 0.29) is 23.6 Å². The van der Waals surface area contributed by atoms with Crippen LogP contribution in [0.2, 0.25) is 0 Å². The van der Waals surface area contributed by atoms with Crippen molar-refractivity contribution in [3.8, 4) is 11.1 Å². The van der Waals surface area contributed by atoms with Gasteiger partial charge in [-0.15, -0.1) is 4.72 Å². The number of carbonyl (C=O) groups excluding carboxylic acids is 1. The van der Waals surface area contributed by atoms with Crippen molar-refractivity contribution in [1.29, 1.82) is 0 Å². The Balaban J connectivity index is 1.53. The van der Waals surface area contributed by atoms with Gasteiger partial charge in [0.15, 0.2) is 0 Å². The molecular formula is C22H26FN2OS+. The average molecular weight is 386 g/mol. The molecule has 27 heavy (non-hydrogen) atoms. The van der Waals surface area contributed by atoms with Gasteiger partial charge in [0.05, 0.1) is 18.0 Å². The van der Waals surface area contributed by atoms with Gasteiger partial charge >= 0.3 is 0 Å². The first-order chi connectivity index (χ1) is 13.2. The van der Waals surface area contributed by atoms with Gasteiger partial charge in [-0.2, -0.15) is 0 Å². The highest BCUT2D eigenvalue weighted by molar-refractivity contribution is 7.75. The molecule has 0 aromatic heterocycles. The lowest BCUT2D eigenvalue weighted by molar-refractivity contribution is -0.133. The molecule has 1 amide bonds. The largest absolute Gasteiger partial charge is 0.341 e. The maximum absolute atomic E-state index is 14.7. The SMILES string of the molecule is C[SH+]NC1CCCN(C(=O)C2CC2c2c(F)cccc2-c2ccccc2)C1. The van der Waals surface area contributed by atoms with Gasteiger partial charge in [-0.05, 0) is 47.9 Å². The van der Waals surface area contributed by atoms with Crippen LogP contribution in [0.15, 0.2) is 48.5 Å². The minimum atomic E-state index is -0.195. The molecule has 1 aliphatic carbocycles. The van der Waals surface area contributed by atoms with E-state index in [1.54, 1.807) is 6.07 Å². The number of carbonyl (C=O) groups is 1. The Morgan fingerprint density at radius 3 is 2.78 bits per heavy atom.